The zero-order valence-corrected chi connectivity index (χ0v) is 26.0. The van der Waals surface area contributed by atoms with Crippen molar-refractivity contribution >= 4 is 43.5 Å². The summed E-state index contributed by atoms with van der Waals surface area (Å²) in [4.78, 5) is 29.5. The van der Waals surface area contributed by atoms with Crippen LogP contribution < -0.4 is 9.62 Å². The zero-order chi connectivity index (χ0) is 30.1. The Labute approximate surface area is 256 Å². The van der Waals surface area contributed by atoms with Gasteiger partial charge in [0.05, 0.1) is 10.6 Å². The van der Waals surface area contributed by atoms with E-state index in [-0.39, 0.29) is 29.8 Å². The van der Waals surface area contributed by atoms with Crippen molar-refractivity contribution in [3.63, 3.8) is 0 Å². The van der Waals surface area contributed by atoms with E-state index in [1.807, 2.05) is 74.5 Å². The van der Waals surface area contributed by atoms with Crippen LogP contribution in [0.25, 0.3) is 0 Å². The van der Waals surface area contributed by atoms with E-state index in [0.717, 1.165) is 19.9 Å². The van der Waals surface area contributed by atoms with Crippen LogP contribution in [0.3, 0.4) is 0 Å². The summed E-state index contributed by atoms with van der Waals surface area (Å²) in [6.07, 6.45) is 0.266. The molecular formula is C33H34BrN3O4S. The molecule has 42 heavy (non-hydrogen) atoms. The molecule has 0 heterocycles. The molecular weight excluding hydrogens is 614 g/mol. The molecule has 4 aromatic carbocycles. The summed E-state index contributed by atoms with van der Waals surface area (Å²) in [6, 6.07) is 32.6. The summed E-state index contributed by atoms with van der Waals surface area (Å²) in [5, 5.41) is 2.96. The van der Waals surface area contributed by atoms with Gasteiger partial charge in [0.1, 0.15) is 12.6 Å². The maximum absolute atomic E-state index is 14.3. The summed E-state index contributed by atoms with van der Waals surface area (Å²) < 4.78 is 29.8. The van der Waals surface area contributed by atoms with E-state index < -0.39 is 28.5 Å². The van der Waals surface area contributed by atoms with Crippen molar-refractivity contribution in [2.24, 2.45) is 0 Å². The van der Waals surface area contributed by atoms with E-state index >= 15 is 0 Å². The molecule has 9 heteroatoms. The monoisotopic (exact) mass is 647 g/mol. The molecule has 1 atom stereocenters. The maximum atomic E-state index is 14.3. The normalized spacial score (nSPS) is 12.0. The minimum atomic E-state index is -4.12. The number of carbonyl (C=O) groups excluding carboxylic acids is 2. The van der Waals surface area contributed by atoms with Gasteiger partial charge in [-0.1, -0.05) is 94.8 Å². The van der Waals surface area contributed by atoms with Crippen LogP contribution >= 0.6 is 15.9 Å². The van der Waals surface area contributed by atoms with Gasteiger partial charge in [0.2, 0.25) is 11.8 Å². The van der Waals surface area contributed by atoms with Crippen LogP contribution in [-0.4, -0.2) is 43.8 Å². The first-order valence-electron chi connectivity index (χ1n) is 13.7. The zero-order valence-electron chi connectivity index (χ0n) is 23.6. The number of halogens is 1. The number of amides is 2. The van der Waals surface area contributed by atoms with Crippen LogP contribution in [-0.2, 0) is 32.6 Å². The van der Waals surface area contributed by atoms with E-state index in [1.165, 1.54) is 17.0 Å². The van der Waals surface area contributed by atoms with E-state index in [4.69, 9.17) is 0 Å². The summed E-state index contributed by atoms with van der Waals surface area (Å²) in [7, 11) is -4.12. The van der Waals surface area contributed by atoms with Gasteiger partial charge in [-0.05, 0) is 61.4 Å². The second-order valence-electron chi connectivity index (χ2n) is 10.2. The van der Waals surface area contributed by atoms with Gasteiger partial charge in [-0.15, -0.1) is 0 Å². The Morgan fingerprint density at radius 3 is 1.83 bits per heavy atom. The highest BCUT2D eigenvalue weighted by atomic mass is 79.9. The smallest absolute Gasteiger partial charge is 0.264 e. The van der Waals surface area contributed by atoms with E-state index in [1.54, 1.807) is 42.5 Å². The second kappa shape index (κ2) is 14.3. The number of benzene rings is 4. The number of carbonyl (C=O) groups is 2. The molecule has 0 aliphatic carbocycles. The topological polar surface area (TPSA) is 86.8 Å². The van der Waals surface area contributed by atoms with Crippen molar-refractivity contribution in [1.29, 1.82) is 0 Å². The molecule has 4 aromatic rings. The predicted octanol–water partition coefficient (Wildman–Crippen LogP) is 5.81. The van der Waals surface area contributed by atoms with Gasteiger partial charge in [0.15, 0.2) is 0 Å². The van der Waals surface area contributed by atoms with Crippen LogP contribution in [0, 0.1) is 0 Å². The molecule has 2 amide bonds. The second-order valence-corrected chi connectivity index (χ2v) is 13.0. The van der Waals surface area contributed by atoms with E-state index in [2.05, 4.69) is 21.2 Å². The highest BCUT2D eigenvalue weighted by Gasteiger charge is 2.34. The lowest BCUT2D eigenvalue weighted by Crippen LogP contribution is -2.54. The molecule has 0 bridgehead atoms. The number of hydrogen-bond acceptors (Lipinski definition) is 4. The summed E-state index contributed by atoms with van der Waals surface area (Å²) >= 11 is 3.40. The van der Waals surface area contributed by atoms with Crippen molar-refractivity contribution in [2.75, 3.05) is 10.8 Å². The van der Waals surface area contributed by atoms with Gasteiger partial charge < -0.3 is 10.2 Å². The lowest BCUT2D eigenvalue weighted by atomic mass is 10.0. The number of sulfonamides is 1. The molecule has 0 spiro atoms. The van der Waals surface area contributed by atoms with Gasteiger partial charge in [0.25, 0.3) is 10.0 Å². The Hall–Kier alpha value is -3.95. The van der Waals surface area contributed by atoms with E-state index in [0.29, 0.717) is 5.69 Å². The fourth-order valence-electron chi connectivity index (χ4n) is 4.57. The predicted molar refractivity (Wildman–Crippen MR) is 169 cm³/mol. The third-order valence-electron chi connectivity index (χ3n) is 6.62. The lowest BCUT2D eigenvalue weighted by Gasteiger charge is -2.34. The Morgan fingerprint density at radius 1 is 0.762 bits per heavy atom. The average molecular weight is 649 g/mol. The Morgan fingerprint density at radius 2 is 1.29 bits per heavy atom. The van der Waals surface area contributed by atoms with Crippen molar-refractivity contribution in [1.82, 2.24) is 10.2 Å². The summed E-state index contributed by atoms with van der Waals surface area (Å²) in [5.74, 6) is -0.805. The van der Waals surface area contributed by atoms with Crippen molar-refractivity contribution in [3.05, 3.63) is 131 Å². The first-order valence-corrected chi connectivity index (χ1v) is 15.9. The van der Waals surface area contributed by atoms with Gasteiger partial charge in [-0.2, -0.15) is 0 Å². The molecule has 0 saturated carbocycles. The van der Waals surface area contributed by atoms with Crippen LogP contribution in [0.5, 0.6) is 0 Å². The molecule has 7 nitrogen and oxygen atoms in total. The van der Waals surface area contributed by atoms with Gasteiger partial charge in [0, 0.05) is 23.5 Å². The molecule has 0 saturated heterocycles. The number of rotatable bonds is 12. The first kappa shape index (κ1) is 31.0. The van der Waals surface area contributed by atoms with Crippen molar-refractivity contribution in [3.8, 4) is 0 Å². The van der Waals surface area contributed by atoms with Gasteiger partial charge in [-0.25, -0.2) is 8.42 Å². The Bertz CT molecular complexity index is 1570. The number of nitrogens with zero attached hydrogens (tertiary/aromatic N) is 2. The Balaban J connectivity index is 1.78. The molecule has 0 aliphatic heterocycles. The minimum Gasteiger partial charge on any atom is -0.352 e. The highest BCUT2D eigenvalue weighted by Crippen LogP contribution is 2.26. The largest absolute Gasteiger partial charge is 0.352 e. The summed E-state index contributed by atoms with van der Waals surface area (Å²) in [6.45, 7) is 3.36. The third kappa shape index (κ3) is 8.08. The summed E-state index contributed by atoms with van der Waals surface area (Å²) in [5.41, 5.74) is 2.04. The molecule has 0 unspecified atom stereocenters. The van der Waals surface area contributed by atoms with E-state index in [9.17, 15) is 18.0 Å². The quantitative estimate of drug-likeness (QED) is 0.210. The molecule has 0 aromatic heterocycles. The molecule has 0 fully saturated rings. The van der Waals surface area contributed by atoms with Gasteiger partial charge >= 0.3 is 0 Å². The molecule has 1 N–H and O–H groups in total. The van der Waals surface area contributed by atoms with Crippen LogP contribution in [0.4, 0.5) is 5.69 Å². The fourth-order valence-corrected chi connectivity index (χ4v) is 6.27. The fraction of sp³-hybridized carbons (Fsp3) is 0.212. The van der Waals surface area contributed by atoms with Crippen molar-refractivity contribution < 1.29 is 18.0 Å². The van der Waals surface area contributed by atoms with Crippen LogP contribution in [0.2, 0.25) is 0 Å². The number of anilines is 1. The van der Waals surface area contributed by atoms with Crippen LogP contribution in [0.1, 0.15) is 25.0 Å². The molecule has 218 valence electrons. The number of hydrogen-bond donors (Lipinski definition) is 1. The standard InChI is InChI=1S/C33H34BrN3O4S/c1-25(2)35-33(39)31(22-26-12-6-3-7-13-26)36(23-27-14-8-4-9-15-27)32(38)24-37(29-20-18-28(34)19-21-29)42(40,41)30-16-10-5-11-17-30/h3-21,25,31H,22-24H2,1-2H3,(H,35,39)/t31-/m1/s1. The SMILES string of the molecule is CC(C)NC(=O)[C@@H](Cc1ccccc1)N(Cc1ccccc1)C(=O)CN(c1ccc(Br)cc1)S(=O)(=O)c1ccccc1. The molecule has 4 rings (SSSR count). The highest BCUT2D eigenvalue weighted by molar-refractivity contribution is 9.10. The molecule has 0 aliphatic rings. The average Bonchev–Trinajstić information content (AvgIpc) is 2.99. The van der Waals surface area contributed by atoms with Crippen LogP contribution in [0.15, 0.2) is 125 Å². The minimum absolute atomic E-state index is 0.0636. The van der Waals surface area contributed by atoms with Crippen molar-refractivity contribution in [2.45, 2.75) is 43.8 Å². The van der Waals surface area contributed by atoms with Gasteiger partial charge in [-0.3, -0.25) is 13.9 Å². The Kier molecular flexibility index (Phi) is 10.5. The lowest BCUT2D eigenvalue weighted by molar-refractivity contribution is -0.140. The first-order chi connectivity index (χ1) is 20.1. The molecule has 0 radical (unpaired) electrons. The third-order valence-corrected chi connectivity index (χ3v) is 8.94. The number of nitrogens with one attached hydrogen (secondary N) is 1. The maximum Gasteiger partial charge on any atom is 0.264 e.